The zero-order chi connectivity index (χ0) is 10.8. The Hall–Kier alpha value is -1.84. The van der Waals surface area contributed by atoms with Crippen molar-refractivity contribution in [3.63, 3.8) is 0 Å². The summed E-state index contributed by atoms with van der Waals surface area (Å²) in [6, 6.07) is 5.91. The second kappa shape index (κ2) is 3.73. The third-order valence-corrected chi connectivity index (χ3v) is 2.36. The first-order chi connectivity index (χ1) is 7.20. The molecule has 0 bridgehead atoms. The molecule has 2 rings (SSSR count). The highest BCUT2D eigenvalue weighted by Gasteiger charge is 2.06. The molecule has 4 heteroatoms. The molecule has 0 aliphatic carbocycles. The maximum Gasteiger partial charge on any atom is 0.106 e. The smallest absolute Gasteiger partial charge is 0.106 e. The lowest BCUT2D eigenvalue weighted by Crippen LogP contribution is -2.12. The van der Waals surface area contributed by atoms with Gasteiger partial charge in [0.25, 0.3) is 0 Å². The molecule has 0 fully saturated rings. The van der Waals surface area contributed by atoms with Gasteiger partial charge in [0.2, 0.25) is 0 Å². The molecule has 2 aromatic rings. The topological polar surface area (TPSA) is 78.6 Å². The van der Waals surface area contributed by atoms with Crippen LogP contribution in [0.25, 0.3) is 11.0 Å². The van der Waals surface area contributed by atoms with Gasteiger partial charge in [-0.25, -0.2) is 4.98 Å². The normalized spacial score (nSPS) is 10.7. The summed E-state index contributed by atoms with van der Waals surface area (Å²) in [7, 11) is 0. The average Bonchev–Trinajstić information content (AvgIpc) is 2.61. The summed E-state index contributed by atoms with van der Waals surface area (Å²) in [4.78, 5) is 7.71. The Balaban J connectivity index is 2.54. The monoisotopic (exact) mass is 202 g/mol. The van der Waals surface area contributed by atoms with E-state index in [0.717, 1.165) is 28.8 Å². The van der Waals surface area contributed by atoms with Crippen LogP contribution in [0.3, 0.4) is 0 Å². The van der Waals surface area contributed by atoms with Crippen LogP contribution >= 0.6 is 0 Å². The van der Waals surface area contributed by atoms with Crippen molar-refractivity contribution < 1.29 is 0 Å². The molecule has 78 valence electrons. The van der Waals surface area contributed by atoms with Gasteiger partial charge in [-0.1, -0.05) is 19.1 Å². The van der Waals surface area contributed by atoms with Gasteiger partial charge in [0.15, 0.2) is 0 Å². The van der Waals surface area contributed by atoms with E-state index < -0.39 is 0 Å². The third kappa shape index (κ3) is 1.83. The highest BCUT2D eigenvalue weighted by Crippen LogP contribution is 2.17. The number of rotatable bonds is 3. The van der Waals surface area contributed by atoms with Crippen molar-refractivity contribution in [1.82, 2.24) is 9.97 Å². The van der Waals surface area contributed by atoms with Crippen LogP contribution in [0.15, 0.2) is 18.2 Å². The van der Waals surface area contributed by atoms with Gasteiger partial charge in [-0.05, 0) is 11.6 Å². The molecule has 0 aliphatic heterocycles. The van der Waals surface area contributed by atoms with E-state index in [1.807, 2.05) is 18.2 Å². The van der Waals surface area contributed by atoms with E-state index >= 15 is 0 Å². The number of aryl methyl sites for hydroxylation is 1. The summed E-state index contributed by atoms with van der Waals surface area (Å²) < 4.78 is 0. The van der Waals surface area contributed by atoms with E-state index in [4.69, 9.17) is 11.1 Å². The van der Waals surface area contributed by atoms with Crippen molar-refractivity contribution in [2.45, 2.75) is 19.8 Å². The lowest BCUT2D eigenvalue weighted by Gasteiger charge is -1.99. The summed E-state index contributed by atoms with van der Waals surface area (Å²) in [6.45, 7) is 2.06. The van der Waals surface area contributed by atoms with Crippen LogP contribution < -0.4 is 5.73 Å². The van der Waals surface area contributed by atoms with Crippen molar-refractivity contribution in [2.75, 3.05) is 0 Å². The molecule has 1 aromatic heterocycles. The number of amidine groups is 1. The number of aromatic nitrogens is 2. The van der Waals surface area contributed by atoms with Crippen LogP contribution in [0.5, 0.6) is 0 Å². The van der Waals surface area contributed by atoms with Crippen molar-refractivity contribution in [2.24, 2.45) is 5.73 Å². The second-order valence-electron chi connectivity index (χ2n) is 3.55. The summed E-state index contributed by atoms with van der Waals surface area (Å²) >= 11 is 0. The van der Waals surface area contributed by atoms with E-state index in [1.54, 1.807) is 0 Å². The van der Waals surface area contributed by atoms with Gasteiger partial charge < -0.3 is 10.7 Å². The molecule has 0 amide bonds. The Kier molecular flexibility index (Phi) is 2.41. The largest absolute Gasteiger partial charge is 0.387 e. The number of aromatic amines is 1. The highest BCUT2D eigenvalue weighted by atomic mass is 14.9. The van der Waals surface area contributed by atoms with Gasteiger partial charge in [0.1, 0.15) is 5.82 Å². The fraction of sp³-hybridized carbons (Fsp3) is 0.273. The van der Waals surface area contributed by atoms with Crippen LogP contribution in [0.1, 0.15) is 18.3 Å². The number of nitrogens with one attached hydrogen (secondary N) is 2. The fourth-order valence-electron chi connectivity index (χ4n) is 1.66. The molecule has 4 nitrogen and oxygen atoms in total. The van der Waals surface area contributed by atoms with Gasteiger partial charge in [-0.3, -0.25) is 5.41 Å². The predicted octanol–water partition coefficient (Wildman–Crippen LogP) is 1.60. The third-order valence-electron chi connectivity index (χ3n) is 2.36. The zero-order valence-electron chi connectivity index (χ0n) is 8.67. The molecular formula is C11H14N4. The van der Waals surface area contributed by atoms with E-state index in [-0.39, 0.29) is 5.84 Å². The molecule has 4 N–H and O–H groups in total. The molecule has 0 unspecified atom stereocenters. The molecule has 0 spiro atoms. The van der Waals surface area contributed by atoms with Crippen molar-refractivity contribution >= 4 is 16.9 Å². The quantitative estimate of drug-likeness (QED) is 0.522. The van der Waals surface area contributed by atoms with E-state index in [2.05, 4.69) is 16.9 Å². The van der Waals surface area contributed by atoms with E-state index in [1.165, 1.54) is 0 Å². The molecule has 15 heavy (non-hydrogen) atoms. The molecule has 1 aromatic carbocycles. The number of fused-ring (bicyclic) bond motifs is 1. The van der Waals surface area contributed by atoms with Crippen LogP contribution in [-0.4, -0.2) is 15.8 Å². The van der Waals surface area contributed by atoms with Crippen LogP contribution in [0.2, 0.25) is 0 Å². The number of hydrogen-bond donors (Lipinski definition) is 3. The van der Waals surface area contributed by atoms with Crippen molar-refractivity contribution in [1.29, 1.82) is 5.41 Å². The minimum Gasteiger partial charge on any atom is -0.387 e. The Morgan fingerprint density at radius 2 is 2.33 bits per heavy atom. The average molecular weight is 202 g/mol. The summed E-state index contributed by atoms with van der Waals surface area (Å²) in [5.41, 5.74) is 8.36. The van der Waals surface area contributed by atoms with Crippen molar-refractivity contribution in [3.8, 4) is 0 Å². The lowest BCUT2D eigenvalue weighted by atomic mass is 10.1. The Morgan fingerprint density at radius 1 is 1.53 bits per heavy atom. The molecule has 0 saturated carbocycles. The van der Waals surface area contributed by atoms with E-state index in [0.29, 0.717) is 6.42 Å². The summed E-state index contributed by atoms with van der Waals surface area (Å²) in [5.74, 6) is 1.14. The number of nitrogens with two attached hydrogens (primary N) is 1. The van der Waals surface area contributed by atoms with Crippen LogP contribution in [-0.2, 0) is 12.8 Å². The molecule has 1 heterocycles. The minimum atomic E-state index is 0.170. The number of para-hydroxylation sites is 1. The SMILES string of the molecule is CCc1nc2c(CC(=N)N)cccc2[nH]1. The molecule has 0 radical (unpaired) electrons. The first-order valence-electron chi connectivity index (χ1n) is 5.00. The summed E-state index contributed by atoms with van der Waals surface area (Å²) in [6.07, 6.45) is 1.35. The second-order valence-corrected chi connectivity index (χ2v) is 3.55. The maximum atomic E-state index is 7.30. The first kappa shape index (κ1) is 9.71. The summed E-state index contributed by atoms with van der Waals surface area (Å²) in [5, 5.41) is 7.30. The molecule has 0 aliphatic rings. The van der Waals surface area contributed by atoms with Gasteiger partial charge in [0.05, 0.1) is 16.9 Å². The number of imidazole rings is 1. The Labute approximate surface area is 88.0 Å². The maximum absolute atomic E-state index is 7.30. The fourth-order valence-corrected chi connectivity index (χ4v) is 1.66. The molecular weight excluding hydrogens is 188 g/mol. The van der Waals surface area contributed by atoms with E-state index in [9.17, 15) is 0 Å². The van der Waals surface area contributed by atoms with Gasteiger partial charge in [-0.15, -0.1) is 0 Å². The first-order valence-corrected chi connectivity index (χ1v) is 5.00. The van der Waals surface area contributed by atoms with Gasteiger partial charge >= 0.3 is 0 Å². The molecule has 0 saturated heterocycles. The van der Waals surface area contributed by atoms with Crippen LogP contribution in [0, 0.1) is 5.41 Å². The Morgan fingerprint density at radius 3 is 3.00 bits per heavy atom. The minimum absolute atomic E-state index is 0.170. The van der Waals surface area contributed by atoms with Gasteiger partial charge in [-0.2, -0.15) is 0 Å². The molecule has 0 atom stereocenters. The number of H-pyrrole nitrogens is 1. The van der Waals surface area contributed by atoms with Crippen LogP contribution in [0.4, 0.5) is 0 Å². The lowest BCUT2D eigenvalue weighted by molar-refractivity contribution is 0.999. The standard InChI is InChI=1S/C11H14N4/c1-2-10-14-8-5-3-4-7(6-9(12)13)11(8)15-10/h3-5H,2,6H2,1H3,(H3,12,13)(H,14,15). The predicted molar refractivity (Wildman–Crippen MR) is 61.1 cm³/mol. The number of benzene rings is 1. The number of hydrogen-bond acceptors (Lipinski definition) is 2. The Bertz CT molecular complexity index is 498. The highest BCUT2D eigenvalue weighted by molar-refractivity contribution is 5.86. The zero-order valence-corrected chi connectivity index (χ0v) is 8.67. The number of nitrogens with zero attached hydrogens (tertiary/aromatic N) is 1. The van der Waals surface area contributed by atoms with Gasteiger partial charge in [0, 0.05) is 12.8 Å². The van der Waals surface area contributed by atoms with Crippen molar-refractivity contribution in [3.05, 3.63) is 29.6 Å².